The Labute approximate surface area is 190 Å². The number of carbonyl (C=O) groups excluding carboxylic acids is 2. The Kier molecular flexibility index (Phi) is 6.17. The van der Waals surface area contributed by atoms with Gasteiger partial charge in [-0.25, -0.2) is 0 Å². The molecular weight excluding hydrogens is 422 g/mol. The second kappa shape index (κ2) is 9.36. The highest BCUT2D eigenvalue weighted by Crippen LogP contribution is 2.40. The van der Waals surface area contributed by atoms with Crippen molar-refractivity contribution < 1.29 is 18.8 Å². The molecule has 3 aromatic rings. The number of aryl methyl sites for hydroxylation is 1. The maximum absolute atomic E-state index is 12.7. The number of hydrogen-bond acceptors (Lipinski definition) is 9. The molecule has 33 heavy (non-hydrogen) atoms. The molecule has 1 aromatic heterocycles. The first-order valence-corrected chi connectivity index (χ1v) is 10.3. The number of benzene rings is 2. The number of carbonyl (C=O) groups is 2. The summed E-state index contributed by atoms with van der Waals surface area (Å²) in [7, 11) is 3.56. The number of nitrogens with zero attached hydrogens (tertiary/aromatic N) is 5. The van der Waals surface area contributed by atoms with Crippen LogP contribution in [0.25, 0.3) is 11.4 Å². The quantitative estimate of drug-likeness (QED) is 0.309. The molecule has 0 aliphatic carbocycles. The number of para-hydroxylation sites is 2. The first-order chi connectivity index (χ1) is 16.0. The van der Waals surface area contributed by atoms with Gasteiger partial charge in [-0.2, -0.15) is 10.2 Å². The van der Waals surface area contributed by atoms with Crippen LogP contribution in [0.2, 0.25) is 0 Å². The summed E-state index contributed by atoms with van der Waals surface area (Å²) in [5.74, 6) is 0.00578. The summed E-state index contributed by atoms with van der Waals surface area (Å²) in [5.41, 5.74) is 2.49. The van der Waals surface area contributed by atoms with E-state index in [-0.39, 0.29) is 18.4 Å². The second-order valence-corrected chi connectivity index (χ2v) is 7.38. The van der Waals surface area contributed by atoms with Crippen LogP contribution in [0.5, 0.6) is 0 Å². The molecule has 0 bridgehead atoms. The van der Waals surface area contributed by atoms with E-state index in [1.807, 2.05) is 60.7 Å². The number of ketones is 1. The number of rotatable bonds is 7. The van der Waals surface area contributed by atoms with Gasteiger partial charge in [0.05, 0.1) is 17.8 Å². The summed E-state index contributed by atoms with van der Waals surface area (Å²) >= 11 is 0. The van der Waals surface area contributed by atoms with Gasteiger partial charge in [0.15, 0.2) is 6.61 Å². The minimum Gasteiger partial charge on any atom is -0.457 e. The van der Waals surface area contributed by atoms with Crippen molar-refractivity contribution in [3.8, 4) is 17.5 Å². The Morgan fingerprint density at radius 2 is 1.67 bits per heavy atom. The highest BCUT2D eigenvalue weighted by Gasteiger charge is 2.31. The van der Waals surface area contributed by atoms with Gasteiger partial charge in [0, 0.05) is 26.1 Å². The lowest BCUT2D eigenvalue weighted by molar-refractivity contribution is -0.147. The molecule has 9 heteroatoms. The maximum atomic E-state index is 12.7. The minimum atomic E-state index is -0.596. The van der Waals surface area contributed by atoms with Gasteiger partial charge in [-0.05, 0) is 12.1 Å². The molecular formula is C24H21N5O4. The number of aromatic nitrogens is 2. The highest BCUT2D eigenvalue weighted by molar-refractivity contribution is 6.03. The van der Waals surface area contributed by atoms with E-state index < -0.39 is 18.4 Å². The fourth-order valence-electron chi connectivity index (χ4n) is 3.62. The number of hydrogen-bond donors (Lipinski definition) is 0. The third kappa shape index (κ3) is 4.45. The smallest absolute Gasteiger partial charge is 0.306 e. The van der Waals surface area contributed by atoms with Crippen molar-refractivity contribution >= 4 is 23.1 Å². The Bertz CT molecular complexity index is 1230. The molecule has 9 nitrogen and oxygen atoms in total. The molecule has 0 N–H and O–H groups in total. The molecule has 0 radical (unpaired) electrons. The summed E-state index contributed by atoms with van der Waals surface area (Å²) in [4.78, 5) is 32.7. The largest absolute Gasteiger partial charge is 0.457 e. The monoisotopic (exact) mass is 443 g/mol. The van der Waals surface area contributed by atoms with Gasteiger partial charge in [0.25, 0.3) is 0 Å². The summed E-state index contributed by atoms with van der Waals surface area (Å²) in [6, 6.07) is 18.9. The number of ether oxygens (including phenoxy) is 1. The van der Waals surface area contributed by atoms with Crippen molar-refractivity contribution in [2.24, 2.45) is 0 Å². The topological polar surface area (TPSA) is 113 Å². The Balaban J connectivity index is 1.35. The van der Waals surface area contributed by atoms with Gasteiger partial charge < -0.3 is 19.1 Å². The van der Waals surface area contributed by atoms with E-state index in [9.17, 15) is 14.9 Å². The van der Waals surface area contributed by atoms with Gasteiger partial charge in [0.1, 0.15) is 17.5 Å². The normalized spacial score (nSPS) is 12.3. The van der Waals surface area contributed by atoms with E-state index in [1.165, 1.54) is 0 Å². The maximum Gasteiger partial charge on any atom is 0.306 e. The molecule has 166 valence electrons. The molecule has 0 saturated carbocycles. The first-order valence-electron chi connectivity index (χ1n) is 10.3. The van der Waals surface area contributed by atoms with E-state index in [4.69, 9.17) is 9.26 Å². The standard InChI is InChI=1S/C24H21N5O4/c1-28-18-10-6-7-11-19(18)29(2)24(28)17(14-25)20(30)15-32-22(31)13-12-21-26-23(27-33-21)16-8-4-3-5-9-16/h3-11H,12-13,15H2,1-2H3. The fraction of sp³-hybridized carbons (Fsp3) is 0.208. The number of Topliss-reactive ketones (excluding diaryl/α,β-unsaturated/α-hetero) is 1. The SMILES string of the molecule is CN1C(=C(C#N)C(=O)COC(=O)CCc2nc(-c3ccccc3)no2)N(C)c2ccccc21. The molecule has 0 unspecified atom stereocenters. The molecule has 1 aliphatic heterocycles. The van der Waals surface area contributed by atoms with Crippen LogP contribution in [-0.4, -0.2) is 42.6 Å². The number of esters is 1. The number of anilines is 2. The van der Waals surface area contributed by atoms with E-state index in [2.05, 4.69) is 10.1 Å². The van der Waals surface area contributed by atoms with E-state index in [0.29, 0.717) is 17.5 Å². The van der Waals surface area contributed by atoms with Crippen molar-refractivity contribution in [1.29, 1.82) is 5.26 Å². The van der Waals surface area contributed by atoms with Crippen molar-refractivity contribution in [2.45, 2.75) is 12.8 Å². The van der Waals surface area contributed by atoms with Crippen molar-refractivity contribution in [3.05, 3.63) is 71.9 Å². The van der Waals surface area contributed by atoms with Gasteiger partial charge in [0.2, 0.25) is 17.5 Å². The Morgan fingerprint density at radius 3 is 2.30 bits per heavy atom. The zero-order valence-electron chi connectivity index (χ0n) is 18.2. The molecule has 4 rings (SSSR count). The van der Waals surface area contributed by atoms with Gasteiger partial charge >= 0.3 is 5.97 Å². The summed E-state index contributed by atoms with van der Waals surface area (Å²) in [5, 5.41) is 13.5. The molecule has 0 atom stereocenters. The highest BCUT2D eigenvalue weighted by atomic mass is 16.5. The third-order valence-electron chi connectivity index (χ3n) is 5.26. The molecule has 0 amide bonds. The van der Waals surface area contributed by atoms with E-state index in [1.54, 1.807) is 23.9 Å². The van der Waals surface area contributed by atoms with Crippen molar-refractivity contribution in [2.75, 3.05) is 30.5 Å². The summed E-state index contributed by atoms with van der Waals surface area (Å²) < 4.78 is 10.3. The Morgan fingerprint density at radius 1 is 1.03 bits per heavy atom. The van der Waals surface area contributed by atoms with Crippen LogP contribution in [0, 0.1) is 11.3 Å². The van der Waals surface area contributed by atoms with Crippen molar-refractivity contribution in [1.82, 2.24) is 10.1 Å². The summed E-state index contributed by atoms with van der Waals surface area (Å²) in [6.45, 7) is -0.525. The number of fused-ring (bicyclic) bond motifs is 1. The molecule has 0 fully saturated rings. The van der Waals surface area contributed by atoms with Crippen molar-refractivity contribution in [3.63, 3.8) is 0 Å². The van der Waals surface area contributed by atoms with Crippen LogP contribution in [0.1, 0.15) is 12.3 Å². The molecule has 1 aliphatic rings. The second-order valence-electron chi connectivity index (χ2n) is 7.38. The third-order valence-corrected chi connectivity index (χ3v) is 5.26. The number of nitriles is 1. The van der Waals surface area contributed by atoms with Crippen LogP contribution < -0.4 is 9.80 Å². The van der Waals surface area contributed by atoms with Gasteiger partial charge in [-0.3, -0.25) is 9.59 Å². The predicted octanol–water partition coefficient (Wildman–Crippen LogP) is 3.10. The summed E-state index contributed by atoms with van der Waals surface area (Å²) in [6.07, 6.45) is 0.146. The average Bonchev–Trinajstić information content (AvgIpc) is 3.42. The predicted molar refractivity (Wildman–Crippen MR) is 120 cm³/mol. The average molecular weight is 443 g/mol. The van der Waals surface area contributed by atoms with Gasteiger partial charge in [-0.15, -0.1) is 0 Å². The Hall–Kier alpha value is -4.45. The first kappa shape index (κ1) is 21.8. The lowest BCUT2D eigenvalue weighted by Gasteiger charge is -2.19. The lowest BCUT2D eigenvalue weighted by atomic mass is 10.2. The fourth-order valence-corrected chi connectivity index (χ4v) is 3.62. The van der Waals surface area contributed by atoms with Crippen LogP contribution in [0.3, 0.4) is 0 Å². The van der Waals surface area contributed by atoms with Crippen LogP contribution in [0.15, 0.2) is 70.5 Å². The van der Waals surface area contributed by atoms with Crippen LogP contribution in [0.4, 0.5) is 11.4 Å². The van der Waals surface area contributed by atoms with E-state index >= 15 is 0 Å². The minimum absolute atomic E-state index is 0.0343. The molecule has 0 spiro atoms. The van der Waals surface area contributed by atoms with Crippen LogP contribution in [-0.2, 0) is 20.7 Å². The molecule has 0 saturated heterocycles. The molecule has 2 heterocycles. The lowest BCUT2D eigenvalue weighted by Crippen LogP contribution is -2.27. The van der Waals surface area contributed by atoms with E-state index in [0.717, 1.165) is 16.9 Å². The van der Waals surface area contributed by atoms with Gasteiger partial charge in [-0.1, -0.05) is 47.6 Å². The zero-order chi connectivity index (χ0) is 23.4. The van der Waals surface area contributed by atoms with Crippen LogP contribution >= 0.6 is 0 Å². The molecule has 2 aromatic carbocycles. The zero-order valence-corrected chi connectivity index (χ0v) is 18.2.